The predicted molar refractivity (Wildman–Crippen MR) is 54.1 cm³/mol. The highest BCUT2D eigenvalue weighted by Crippen LogP contribution is 2.10. The third-order valence-corrected chi connectivity index (χ3v) is 1.55. The van der Waals surface area contributed by atoms with E-state index in [9.17, 15) is 0 Å². The Labute approximate surface area is 77.2 Å². The van der Waals surface area contributed by atoms with E-state index >= 15 is 0 Å². The van der Waals surface area contributed by atoms with Gasteiger partial charge in [-0.2, -0.15) is 0 Å². The van der Waals surface area contributed by atoms with Gasteiger partial charge >= 0.3 is 0 Å². The fraction of sp³-hybridized carbons (Fsp3) is 1.00. The van der Waals surface area contributed by atoms with Crippen molar-refractivity contribution < 1.29 is 0 Å². The molecule has 1 nitrogen and oxygen atoms in total. The summed E-state index contributed by atoms with van der Waals surface area (Å²) in [5.41, 5.74) is 5.88. The molecule has 2 heteroatoms. The minimum Gasteiger partial charge on any atom is -0.328 e. The zero-order valence-electron chi connectivity index (χ0n) is 8.13. The largest absolute Gasteiger partial charge is 0.328 e. The normalized spacial score (nSPS) is 10.9. The van der Waals surface area contributed by atoms with Gasteiger partial charge in [0.15, 0.2) is 0 Å². The van der Waals surface area contributed by atoms with E-state index in [0.29, 0.717) is 6.04 Å². The summed E-state index contributed by atoms with van der Waals surface area (Å²) >= 11 is 0. The lowest BCUT2D eigenvalue weighted by atomic mass is 9.97. The van der Waals surface area contributed by atoms with Crippen molar-refractivity contribution in [3.63, 3.8) is 0 Å². The van der Waals surface area contributed by atoms with E-state index in [-0.39, 0.29) is 12.4 Å². The maximum absolute atomic E-state index is 5.88. The topological polar surface area (TPSA) is 26.0 Å². The van der Waals surface area contributed by atoms with Crippen LogP contribution in [0.4, 0.5) is 0 Å². The molecule has 0 spiro atoms. The summed E-state index contributed by atoms with van der Waals surface area (Å²) in [6, 6.07) is 0.417. The summed E-state index contributed by atoms with van der Waals surface area (Å²) in [5.74, 6) is 1.49. The standard InChI is InChI=1S/C9H21N.ClH/c1-7(2)5-9(10)6-8(3)4;/h7-9H,5-6,10H2,1-4H3;1H. The van der Waals surface area contributed by atoms with Crippen LogP contribution in [-0.2, 0) is 0 Å². The first-order valence-corrected chi connectivity index (χ1v) is 4.28. The molecular weight excluding hydrogens is 158 g/mol. The van der Waals surface area contributed by atoms with Crippen molar-refractivity contribution in [1.82, 2.24) is 0 Å². The summed E-state index contributed by atoms with van der Waals surface area (Å²) in [6.45, 7) is 8.89. The third-order valence-electron chi connectivity index (χ3n) is 1.55. The average Bonchev–Trinajstić information content (AvgIpc) is 1.58. The molecule has 0 atom stereocenters. The highest BCUT2D eigenvalue weighted by molar-refractivity contribution is 5.85. The highest BCUT2D eigenvalue weighted by atomic mass is 35.5. The van der Waals surface area contributed by atoms with E-state index in [1.54, 1.807) is 0 Å². The van der Waals surface area contributed by atoms with Crippen molar-refractivity contribution in [2.45, 2.75) is 46.6 Å². The van der Waals surface area contributed by atoms with Crippen LogP contribution >= 0.6 is 12.4 Å². The molecule has 0 amide bonds. The average molecular weight is 180 g/mol. The molecule has 0 aliphatic rings. The predicted octanol–water partition coefficient (Wildman–Crippen LogP) is 2.83. The molecule has 0 aromatic carbocycles. The van der Waals surface area contributed by atoms with Crippen molar-refractivity contribution in [1.29, 1.82) is 0 Å². The first kappa shape index (κ1) is 13.8. The van der Waals surface area contributed by atoms with Gasteiger partial charge in [-0.05, 0) is 24.7 Å². The van der Waals surface area contributed by atoms with Crippen molar-refractivity contribution in [3.05, 3.63) is 0 Å². The van der Waals surface area contributed by atoms with E-state index in [1.807, 2.05) is 0 Å². The Balaban J connectivity index is 0. The van der Waals surface area contributed by atoms with Gasteiger partial charge in [-0.1, -0.05) is 27.7 Å². The van der Waals surface area contributed by atoms with E-state index in [2.05, 4.69) is 27.7 Å². The molecule has 0 unspecified atom stereocenters. The van der Waals surface area contributed by atoms with E-state index in [1.165, 1.54) is 0 Å². The SMILES string of the molecule is CC(C)CC(N)CC(C)C.Cl. The smallest absolute Gasteiger partial charge is 0.00436 e. The summed E-state index contributed by atoms with van der Waals surface area (Å²) in [4.78, 5) is 0. The first-order chi connectivity index (χ1) is 4.52. The van der Waals surface area contributed by atoms with Crippen LogP contribution in [0, 0.1) is 11.8 Å². The van der Waals surface area contributed by atoms with Crippen LogP contribution in [0.3, 0.4) is 0 Å². The number of hydrogen-bond acceptors (Lipinski definition) is 1. The maximum atomic E-state index is 5.88. The van der Waals surface area contributed by atoms with Crippen molar-refractivity contribution in [2.24, 2.45) is 17.6 Å². The van der Waals surface area contributed by atoms with Crippen LogP contribution in [0.1, 0.15) is 40.5 Å². The Morgan fingerprint density at radius 1 is 0.909 bits per heavy atom. The van der Waals surface area contributed by atoms with Gasteiger partial charge in [-0.15, -0.1) is 12.4 Å². The number of rotatable bonds is 4. The Morgan fingerprint density at radius 3 is 1.36 bits per heavy atom. The lowest BCUT2D eigenvalue weighted by Crippen LogP contribution is -2.23. The third kappa shape index (κ3) is 10.2. The molecule has 0 aliphatic carbocycles. The molecule has 0 saturated carbocycles. The van der Waals surface area contributed by atoms with Crippen LogP contribution in [0.5, 0.6) is 0 Å². The monoisotopic (exact) mass is 179 g/mol. The lowest BCUT2D eigenvalue weighted by molar-refractivity contribution is 0.422. The molecule has 0 radical (unpaired) electrons. The Hall–Kier alpha value is 0.250. The van der Waals surface area contributed by atoms with Crippen molar-refractivity contribution >= 4 is 12.4 Å². The Kier molecular flexibility index (Phi) is 8.70. The summed E-state index contributed by atoms with van der Waals surface area (Å²) in [6.07, 6.45) is 2.33. The molecule has 0 rings (SSSR count). The molecule has 0 aromatic rings. The van der Waals surface area contributed by atoms with Gasteiger partial charge in [0.1, 0.15) is 0 Å². The van der Waals surface area contributed by atoms with Gasteiger partial charge < -0.3 is 5.73 Å². The van der Waals surface area contributed by atoms with E-state index in [0.717, 1.165) is 24.7 Å². The molecule has 11 heavy (non-hydrogen) atoms. The molecule has 0 aliphatic heterocycles. The summed E-state index contributed by atoms with van der Waals surface area (Å²) < 4.78 is 0. The quantitative estimate of drug-likeness (QED) is 0.706. The number of halogens is 1. The zero-order chi connectivity index (χ0) is 8.15. The van der Waals surface area contributed by atoms with Crippen LogP contribution in [0.15, 0.2) is 0 Å². The van der Waals surface area contributed by atoms with Crippen molar-refractivity contribution in [3.8, 4) is 0 Å². The van der Waals surface area contributed by atoms with Gasteiger partial charge in [0.25, 0.3) is 0 Å². The second-order valence-electron chi connectivity index (χ2n) is 4.02. The minimum absolute atomic E-state index is 0. The highest BCUT2D eigenvalue weighted by Gasteiger charge is 2.06. The van der Waals surface area contributed by atoms with Gasteiger partial charge in [0.2, 0.25) is 0 Å². The van der Waals surface area contributed by atoms with E-state index < -0.39 is 0 Å². The van der Waals surface area contributed by atoms with Gasteiger partial charge in [-0.25, -0.2) is 0 Å². The fourth-order valence-corrected chi connectivity index (χ4v) is 1.31. The molecule has 0 bridgehead atoms. The molecule has 0 fully saturated rings. The minimum atomic E-state index is 0. The molecule has 0 heterocycles. The fourth-order valence-electron chi connectivity index (χ4n) is 1.31. The Bertz CT molecular complexity index is 71.6. The second-order valence-corrected chi connectivity index (χ2v) is 4.02. The lowest BCUT2D eigenvalue weighted by Gasteiger charge is -2.15. The van der Waals surface area contributed by atoms with Crippen LogP contribution < -0.4 is 5.73 Å². The molecular formula is C9H22ClN. The molecule has 0 saturated heterocycles. The summed E-state index contributed by atoms with van der Waals surface area (Å²) in [5, 5.41) is 0. The van der Waals surface area contributed by atoms with E-state index in [4.69, 9.17) is 5.73 Å². The maximum Gasteiger partial charge on any atom is 0.00436 e. The molecule has 2 N–H and O–H groups in total. The van der Waals surface area contributed by atoms with Crippen LogP contribution in [-0.4, -0.2) is 6.04 Å². The second kappa shape index (κ2) is 6.93. The van der Waals surface area contributed by atoms with Crippen LogP contribution in [0.2, 0.25) is 0 Å². The van der Waals surface area contributed by atoms with Crippen molar-refractivity contribution in [2.75, 3.05) is 0 Å². The van der Waals surface area contributed by atoms with Gasteiger partial charge in [0.05, 0.1) is 0 Å². The first-order valence-electron chi connectivity index (χ1n) is 4.28. The Morgan fingerprint density at radius 2 is 1.18 bits per heavy atom. The molecule has 70 valence electrons. The van der Waals surface area contributed by atoms with Gasteiger partial charge in [0, 0.05) is 6.04 Å². The number of nitrogens with two attached hydrogens (primary N) is 1. The summed E-state index contributed by atoms with van der Waals surface area (Å²) in [7, 11) is 0. The van der Waals surface area contributed by atoms with Crippen LogP contribution in [0.25, 0.3) is 0 Å². The zero-order valence-corrected chi connectivity index (χ0v) is 8.95. The molecule has 0 aromatic heterocycles. The van der Waals surface area contributed by atoms with Gasteiger partial charge in [-0.3, -0.25) is 0 Å². The number of hydrogen-bond donors (Lipinski definition) is 1.